The number of thiophene rings is 1. The van der Waals surface area contributed by atoms with Crippen molar-refractivity contribution in [3.8, 4) is 0 Å². The quantitative estimate of drug-likeness (QED) is 0.254. The lowest BCUT2D eigenvalue weighted by molar-refractivity contribution is 0.0191. The van der Waals surface area contributed by atoms with Gasteiger partial charge in [0.05, 0.1) is 19.3 Å². The zero-order chi connectivity index (χ0) is 16.3. The Labute approximate surface area is 166 Å². The third-order valence-electron chi connectivity index (χ3n) is 3.84. The van der Waals surface area contributed by atoms with Crippen molar-refractivity contribution in [1.82, 2.24) is 10.6 Å². The highest BCUT2D eigenvalue weighted by Gasteiger charge is 2.15. The van der Waals surface area contributed by atoms with Gasteiger partial charge in [0.2, 0.25) is 0 Å². The summed E-state index contributed by atoms with van der Waals surface area (Å²) in [6, 6.07) is 4.30. The molecule has 1 saturated heterocycles. The van der Waals surface area contributed by atoms with E-state index in [9.17, 15) is 0 Å². The largest absolute Gasteiger partial charge is 0.377 e. The van der Waals surface area contributed by atoms with Gasteiger partial charge in [-0.1, -0.05) is 13.0 Å². The summed E-state index contributed by atoms with van der Waals surface area (Å²) in [4.78, 5) is 5.68. The van der Waals surface area contributed by atoms with Crippen molar-refractivity contribution in [2.45, 2.75) is 32.3 Å². The number of halogens is 1. The summed E-state index contributed by atoms with van der Waals surface area (Å²) in [5, 5.41) is 8.79. The van der Waals surface area contributed by atoms with E-state index in [1.807, 2.05) is 11.3 Å². The smallest absolute Gasteiger partial charge is 0.191 e. The molecule has 0 amide bonds. The molecule has 0 aliphatic carbocycles. The summed E-state index contributed by atoms with van der Waals surface area (Å²) < 4.78 is 11.2. The molecule has 138 valence electrons. The van der Waals surface area contributed by atoms with Crippen molar-refractivity contribution in [1.29, 1.82) is 0 Å². The fourth-order valence-electron chi connectivity index (χ4n) is 2.57. The second-order valence-electron chi connectivity index (χ2n) is 5.98. The number of nitrogens with zero attached hydrogens (tertiary/aromatic N) is 1. The molecule has 0 aromatic carbocycles. The summed E-state index contributed by atoms with van der Waals surface area (Å²) in [6.45, 7) is 6.17. The molecule has 1 fully saturated rings. The normalized spacial score (nSPS) is 18.9. The molecular formula is C17H30IN3O2S. The van der Waals surface area contributed by atoms with Gasteiger partial charge in [0.25, 0.3) is 0 Å². The maximum atomic E-state index is 5.64. The van der Waals surface area contributed by atoms with Gasteiger partial charge in [-0.3, -0.25) is 4.99 Å². The van der Waals surface area contributed by atoms with Gasteiger partial charge in [-0.15, -0.1) is 35.3 Å². The van der Waals surface area contributed by atoms with Crippen LogP contribution in [0, 0.1) is 5.92 Å². The van der Waals surface area contributed by atoms with Crippen molar-refractivity contribution in [3.63, 3.8) is 0 Å². The van der Waals surface area contributed by atoms with Crippen LogP contribution in [0.25, 0.3) is 0 Å². The standard InChI is InChI=1S/C17H29N3O2S.HI/c1-14(11-16-6-4-10-23-16)12-20-17(18-2)19-7-9-21-13-15-5-3-8-22-15;/h4,6,10,14-15H,3,5,7-9,11-13H2,1-2H3,(H2,18,19,20);1H. The Bertz CT molecular complexity index is 451. The average Bonchev–Trinajstić information content (AvgIpc) is 3.23. The summed E-state index contributed by atoms with van der Waals surface area (Å²) in [6.07, 6.45) is 3.68. The fourth-order valence-corrected chi connectivity index (χ4v) is 3.44. The maximum Gasteiger partial charge on any atom is 0.191 e. The molecule has 2 N–H and O–H groups in total. The van der Waals surface area contributed by atoms with Gasteiger partial charge in [0.1, 0.15) is 0 Å². The highest BCUT2D eigenvalue weighted by molar-refractivity contribution is 14.0. The molecule has 0 bridgehead atoms. The molecular weight excluding hydrogens is 437 g/mol. The first-order valence-electron chi connectivity index (χ1n) is 8.44. The molecule has 2 unspecified atom stereocenters. The zero-order valence-electron chi connectivity index (χ0n) is 14.6. The third kappa shape index (κ3) is 8.64. The van der Waals surface area contributed by atoms with Gasteiger partial charge in [0.15, 0.2) is 5.96 Å². The van der Waals surface area contributed by atoms with Crippen molar-refractivity contribution in [2.75, 3.05) is 40.0 Å². The molecule has 2 rings (SSSR count). The zero-order valence-corrected chi connectivity index (χ0v) is 17.8. The van der Waals surface area contributed by atoms with Crippen LogP contribution in [0.4, 0.5) is 0 Å². The second-order valence-corrected chi connectivity index (χ2v) is 7.01. The average molecular weight is 467 g/mol. The van der Waals surface area contributed by atoms with E-state index in [0.29, 0.717) is 25.2 Å². The minimum Gasteiger partial charge on any atom is -0.377 e. The Kier molecular flexibility index (Phi) is 11.7. The predicted molar refractivity (Wildman–Crippen MR) is 112 cm³/mol. The first kappa shape index (κ1) is 21.7. The van der Waals surface area contributed by atoms with E-state index >= 15 is 0 Å². The molecule has 0 spiro atoms. The molecule has 2 atom stereocenters. The fraction of sp³-hybridized carbons (Fsp3) is 0.706. The minimum atomic E-state index is 0. The number of hydrogen-bond donors (Lipinski definition) is 2. The van der Waals surface area contributed by atoms with Crippen molar-refractivity contribution >= 4 is 41.3 Å². The summed E-state index contributed by atoms with van der Waals surface area (Å²) in [5.74, 6) is 1.41. The first-order chi connectivity index (χ1) is 11.3. The van der Waals surface area contributed by atoms with E-state index in [4.69, 9.17) is 9.47 Å². The van der Waals surface area contributed by atoms with Crippen LogP contribution in [-0.4, -0.2) is 52.0 Å². The van der Waals surface area contributed by atoms with Gasteiger partial charge in [-0.25, -0.2) is 0 Å². The van der Waals surface area contributed by atoms with Crippen molar-refractivity contribution in [3.05, 3.63) is 22.4 Å². The molecule has 2 heterocycles. The molecule has 24 heavy (non-hydrogen) atoms. The molecule has 0 radical (unpaired) electrons. The van der Waals surface area contributed by atoms with Gasteiger partial charge in [-0.2, -0.15) is 0 Å². The van der Waals surface area contributed by atoms with E-state index < -0.39 is 0 Å². The topological polar surface area (TPSA) is 54.9 Å². The lowest BCUT2D eigenvalue weighted by atomic mass is 10.1. The number of hydrogen-bond acceptors (Lipinski definition) is 4. The van der Waals surface area contributed by atoms with Crippen molar-refractivity contribution < 1.29 is 9.47 Å². The minimum absolute atomic E-state index is 0. The van der Waals surface area contributed by atoms with Gasteiger partial charge < -0.3 is 20.1 Å². The van der Waals surface area contributed by atoms with Crippen LogP contribution in [0.1, 0.15) is 24.6 Å². The number of aliphatic imine (C=N–C) groups is 1. The summed E-state index contributed by atoms with van der Waals surface area (Å²) in [7, 11) is 1.80. The van der Waals surface area contributed by atoms with Crippen LogP contribution in [-0.2, 0) is 15.9 Å². The van der Waals surface area contributed by atoms with E-state index in [1.54, 1.807) is 7.05 Å². The summed E-state index contributed by atoms with van der Waals surface area (Å²) in [5.41, 5.74) is 0. The molecule has 1 aliphatic rings. The van der Waals surface area contributed by atoms with E-state index in [1.165, 1.54) is 4.88 Å². The lowest BCUT2D eigenvalue weighted by Crippen LogP contribution is -2.41. The highest BCUT2D eigenvalue weighted by Crippen LogP contribution is 2.13. The Morgan fingerprint density at radius 1 is 1.50 bits per heavy atom. The molecule has 1 aromatic heterocycles. The SMILES string of the molecule is CN=C(NCCOCC1CCCO1)NCC(C)Cc1cccs1.I. The number of ether oxygens (including phenoxy) is 2. The van der Waals surface area contributed by atoms with Crippen LogP contribution in [0.3, 0.4) is 0 Å². The van der Waals surface area contributed by atoms with E-state index in [-0.39, 0.29) is 24.0 Å². The Morgan fingerprint density at radius 2 is 2.38 bits per heavy atom. The molecule has 1 aromatic rings. The van der Waals surface area contributed by atoms with Crippen LogP contribution in [0.5, 0.6) is 0 Å². The lowest BCUT2D eigenvalue weighted by Gasteiger charge is -2.16. The Morgan fingerprint density at radius 3 is 3.04 bits per heavy atom. The Hall–Kier alpha value is -0.380. The molecule has 7 heteroatoms. The number of nitrogens with one attached hydrogen (secondary N) is 2. The van der Waals surface area contributed by atoms with Crippen LogP contribution in [0.15, 0.2) is 22.5 Å². The molecule has 0 saturated carbocycles. The van der Waals surface area contributed by atoms with Crippen molar-refractivity contribution in [2.24, 2.45) is 10.9 Å². The van der Waals surface area contributed by atoms with E-state index in [0.717, 1.165) is 44.9 Å². The van der Waals surface area contributed by atoms with Gasteiger partial charge in [-0.05, 0) is 36.6 Å². The highest BCUT2D eigenvalue weighted by atomic mass is 127. The molecule has 5 nitrogen and oxygen atoms in total. The summed E-state index contributed by atoms with van der Waals surface area (Å²) >= 11 is 1.82. The maximum absolute atomic E-state index is 5.64. The van der Waals surface area contributed by atoms with E-state index in [2.05, 4.69) is 40.1 Å². The first-order valence-corrected chi connectivity index (χ1v) is 9.32. The van der Waals surface area contributed by atoms with Gasteiger partial charge in [0, 0.05) is 31.6 Å². The van der Waals surface area contributed by atoms with Crippen LogP contribution < -0.4 is 10.6 Å². The van der Waals surface area contributed by atoms with Crippen LogP contribution in [0.2, 0.25) is 0 Å². The monoisotopic (exact) mass is 467 g/mol. The van der Waals surface area contributed by atoms with Crippen LogP contribution >= 0.6 is 35.3 Å². The number of guanidine groups is 1. The van der Waals surface area contributed by atoms with Gasteiger partial charge >= 0.3 is 0 Å². The Balaban J connectivity index is 0.00000288. The molecule has 1 aliphatic heterocycles. The third-order valence-corrected chi connectivity index (χ3v) is 4.74. The number of rotatable bonds is 9. The second kappa shape index (κ2) is 12.9. The predicted octanol–water partition coefficient (Wildman–Crippen LogP) is 2.91.